The Hall–Kier alpha value is -2.20. The van der Waals surface area contributed by atoms with E-state index in [1.807, 2.05) is 0 Å². The smallest absolute Gasteiger partial charge is 0.343 e. The summed E-state index contributed by atoms with van der Waals surface area (Å²) in [5, 5.41) is 3.43. The molecule has 6 heteroatoms. The van der Waals surface area contributed by atoms with Crippen molar-refractivity contribution in [2.75, 3.05) is 13.7 Å². The van der Waals surface area contributed by atoms with Gasteiger partial charge in [0.25, 0.3) is 0 Å². The van der Waals surface area contributed by atoms with Gasteiger partial charge in [-0.1, -0.05) is 17.2 Å². The summed E-state index contributed by atoms with van der Waals surface area (Å²) in [6.07, 6.45) is 0. The summed E-state index contributed by atoms with van der Waals surface area (Å²) in [5.41, 5.74) is 8.99. The Kier molecular flexibility index (Phi) is 4.69. The molecule has 0 aromatic heterocycles. The average Bonchev–Trinajstić information content (AvgIpc) is 2.34. The number of esters is 1. The Bertz CT molecular complexity index is 414. The van der Waals surface area contributed by atoms with Crippen molar-refractivity contribution in [3.63, 3.8) is 0 Å². The lowest BCUT2D eigenvalue weighted by molar-refractivity contribution is -0.142. The van der Waals surface area contributed by atoms with Gasteiger partial charge >= 0.3 is 5.97 Å². The van der Waals surface area contributed by atoms with Gasteiger partial charge in [-0.15, -0.1) is 0 Å². The summed E-state index contributed by atoms with van der Waals surface area (Å²) >= 11 is 0. The zero-order valence-electron chi connectivity index (χ0n) is 8.79. The number of nitrogens with zero attached hydrogens (tertiary/aromatic N) is 3. The number of hydrogen-bond donors (Lipinski definition) is 0. The Labute approximate surface area is 92.4 Å². The van der Waals surface area contributed by atoms with Crippen LogP contribution in [0.5, 0.6) is 5.75 Å². The van der Waals surface area contributed by atoms with Crippen LogP contribution >= 0.6 is 0 Å². The second-order valence-corrected chi connectivity index (χ2v) is 2.90. The Morgan fingerprint density at radius 1 is 1.56 bits per heavy atom. The average molecular weight is 221 g/mol. The first-order chi connectivity index (χ1) is 7.76. The molecule has 0 atom stereocenters. The third kappa shape index (κ3) is 3.89. The zero-order chi connectivity index (χ0) is 11.8. The number of carbonyl (C=O) groups is 1. The zero-order valence-corrected chi connectivity index (χ0v) is 8.79. The van der Waals surface area contributed by atoms with Crippen molar-refractivity contribution in [2.45, 2.75) is 6.54 Å². The van der Waals surface area contributed by atoms with Gasteiger partial charge in [-0.05, 0) is 23.2 Å². The molecule has 16 heavy (non-hydrogen) atoms. The van der Waals surface area contributed by atoms with E-state index in [0.717, 1.165) is 5.56 Å². The fourth-order valence-corrected chi connectivity index (χ4v) is 1.05. The molecule has 0 aliphatic rings. The van der Waals surface area contributed by atoms with E-state index in [1.165, 1.54) is 7.11 Å². The highest BCUT2D eigenvalue weighted by Gasteiger charge is 2.01. The van der Waals surface area contributed by atoms with E-state index >= 15 is 0 Å². The van der Waals surface area contributed by atoms with Gasteiger partial charge in [0.05, 0.1) is 13.7 Å². The highest BCUT2D eigenvalue weighted by molar-refractivity contribution is 5.70. The standard InChI is InChI=1S/C10H11N3O3/c1-15-10(14)7-16-9-4-2-3-8(5-9)6-12-13-11/h2-5H,6-7H2,1H3. The molecule has 0 saturated carbocycles. The number of hydrogen-bond acceptors (Lipinski definition) is 4. The fraction of sp³-hybridized carbons (Fsp3) is 0.300. The lowest BCUT2D eigenvalue weighted by Gasteiger charge is -2.05. The molecule has 0 amide bonds. The van der Waals surface area contributed by atoms with Gasteiger partial charge < -0.3 is 9.47 Å². The maximum Gasteiger partial charge on any atom is 0.343 e. The van der Waals surface area contributed by atoms with E-state index in [9.17, 15) is 4.79 Å². The molecular formula is C10H11N3O3. The normalized spacial score (nSPS) is 9.06. The minimum absolute atomic E-state index is 0.137. The number of ether oxygens (including phenoxy) is 2. The number of methoxy groups -OCH3 is 1. The van der Waals surface area contributed by atoms with E-state index in [4.69, 9.17) is 10.3 Å². The van der Waals surface area contributed by atoms with E-state index in [0.29, 0.717) is 5.75 Å². The topological polar surface area (TPSA) is 84.3 Å². The molecule has 0 N–H and O–H groups in total. The maximum atomic E-state index is 10.8. The Morgan fingerprint density at radius 2 is 2.38 bits per heavy atom. The molecule has 1 rings (SSSR count). The van der Waals surface area contributed by atoms with E-state index < -0.39 is 5.97 Å². The van der Waals surface area contributed by atoms with Crippen LogP contribution in [0, 0.1) is 0 Å². The molecule has 84 valence electrons. The number of azide groups is 1. The van der Waals surface area contributed by atoms with Crippen LogP contribution in [0.15, 0.2) is 29.4 Å². The fourth-order valence-electron chi connectivity index (χ4n) is 1.05. The van der Waals surface area contributed by atoms with Crippen molar-refractivity contribution in [3.8, 4) is 5.75 Å². The highest BCUT2D eigenvalue weighted by atomic mass is 16.6. The molecule has 0 radical (unpaired) electrons. The van der Waals surface area contributed by atoms with Crippen molar-refractivity contribution in [1.82, 2.24) is 0 Å². The van der Waals surface area contributed by atoms with Crippen molar-refractivity contribution in [2.24, 2.45) is 5.11 Å². The van der Waals surface area contributed by atoms with Crippen LogP contribution < -0.4 is 4.74 Å². The molecule has 0 bridgehead atoms. The highest BCUT2D eigenvalue weighted by Crippen LogP contribution is 2.14. The van der Waals surface area contributed by atoms with Gasteiger partial charge in [-0.2, -0.15) is 0 Å². The minimum atomic E-state index is -0.444. The second kappa shape index (κ2) is 6.31. The number of carbonyl (C=O) groups excluding carboxylic acids is 1. The molecular weight excluding hydrogens is 210 g/mol. The van der Waals surface area contributed by atoms with Crippen LogP contribution in [0.2, 0.25) is 0 Å². The van der Waals surface area contributed by atoms with Crippen LogP contribution in [0.25, 0.3) is 10.4 Å². The van der Waals surface area contributed by atoms with Crippen LogP contribution in [0.4, 0.5) is 0 Å². The first-order valence-corrected chi connectivity index (χ1v) is 4.55. The summed E-state index contributed by atoms with van der Waals surface area (Å²) in [6, 6.07) is 6.98. The SMILES string of the molecule is COC(=O)COc1cccc(CN=[N+]=[N-])c1. The predicted molar refractivity (Wildman–Crippen MR) is 56.8 cm³/mol. The van der Waals surface area contributed by atoms with Gasteiger partial charge in [-0.25, -0.2) is 4.79 Å². The maximum absolute atomic E-state index is 10.8. The molecule has 6 nitrogen and oxygen atoms in total. The first kappa shape index (κ1) is 11.9. The lowest BCUT2D eigenvalue weighted by Crippen LogP contribution is -2.12. The molecule has 0 heterocycles. The molecule has 1 aromatic rings. The molecule has 0 aliphatic heterocycles. The van der Waals surface area contributed by atoms with Crippen molar-refractivity contribution >= 4 is 5.97 Å². The predicted octanol–water partition coefficient (Wildman–Crippen LogP) is 2.05. The van der Waals surface area contributed by atoms with Gasteiger partial charge in [0.1, 0.15) is 5.75 Å². The monoisotopic (exact) mass is 221 g/mol. The summed E-state index contributed by atoms with van der Waals surface area (Å²) < 4.78 is 9.61. The summed E-state index contributed by atoms with van der Waals surface area (Å²) in [4.78, 5) is 13.5. The molecule has 0 aliphatic carbocycles. The summed E-state index contributed by atoms with van der Waals surface area (Å²) in [5.74, 6) is 0.0940. The lowest BCUT2D eigenvalue weighted by atomic mass is 10.2. The number of benzene rings is 1. The van der Waals surface area contributed by atoms with Crippen molar-refractivity contribution in [3.05, 3.63) is 40.3 Å². The van der Waals surface area contributed by atoms with Crippen molar-refractivity contribution < 1.29 is 14.3 Å². The summed E-state index contributed by atoms with van der Waals surface area (Å²) in [7, 11) is 1.30. The minimum Gasteiger partial charge on any atom is -0.482 e. The van der Waals surface area contributed by atoms with E-state index in [1.54, 1.807) is 24.3 Å². The largest absolute Gasteiger partial charge is 0.482 e. The van der Waals surface area contributed by atoms with Gasteiger partial charge in [0.2, 0.25) is 0 Å². The molecule has 0 fully saturated rings. The van der Waals surface area contributed by atoms with Crippen LogP contribution in [-0.4, -0.2) is 19.7 Å². The molecule has 0 saturated heterocycles. The van der Waals surface area contributed by atoms with Crippen LogP contribution in [0.3, 0.4) is 0 Å². The second-order valence-electron chi connectivity index (χ2n) is 2.90. The molecule has 0 spiro atoms. The Balaban J connectivity index is 2.59. The van der Waals surface area contributed by atoms with Crippen LogP contribution in [0.1, 0.15) is 5.56 Å². The van der Waals surface area contributed by atoms with Crippen molar-refractivity contribution in [1.29, 1.82) is 0 Å². The van der Waals surface area contributed by atoms with E-state index in [2.05, 4.69) is 14.8 Å². The first-order valence-electron chi connectivity index (χ1n) is 4.55. The van der Waals surface area contributed by atoms with Crippen LogP contribution in [-0.2, 0) is 16.1 Å². The summed E-state index contributed by atoms with van der Waals surface area (Å²) in [6.45, 7) is 0.118. The van der Waals surface area contributed by atoms with Gasteiger partial charge in [-0.3, -0.25) is 0 Å². The third-order valence-corrected chi connectivity index (χ3v) is 1.80. The number of rotatable bonds is 5. The molecule has 1 aromatic carbocycles. The van der Waals surface area contributed by atoms with E-state index in [-0.39, 0.29) is 13.2 Å². The van der Waals surface area contributed by atoms with Gasteiger partial charge in [0, 0.05) is 4.91 Å². The van der Waals surface area contributed by atoms with Gasteiger partial charge in [0.15, 0.2) is 6.61 Å². The Morgan fingerprint density at radius 3 is 3.06 bits per heavy atom. The molecule has 0 unspecified atom stereocenters. The quantitative estimate of drug-likeness (QED) is 0.330. The third-order valence-electron chi connectivity index (χ3n) is 1.80.